The van der Waals surface area contributed by atoms with Gasteiger partial charge in [0, 0.05) is 0 Å². The lowest BCUT2D eigenvalue weighted by atomic mass is 10.0. The van der Waals surface area contributed by atoms with Crippen LogP contribution in [0.15, 0.2) is 24.3 Å². The molecule has 0 aromatic heterocycles. The van der Waals surface area contributed by atoms with Crippen molar-refractivity contribution in [3.05, 3.63) is 29.8 Å². The fourth-order valence-electron chi connectivity index (χ4n) is 1.82. The number of carbonyl (C=O) groups excluding carboxylic acids is 1. The van der Waals surface area contributed by atoms with Gasteiger partial charge < -0.3 is 21.3 Å². The first-order valence-electron chi connectivity index (χ1n) is 6.39. The number of aromatic hydroxyl groups is 1. The van der Waals surface area contributed by atoms with Gasteiger partial charge in [0.05, 0.1) is 6.04 Å². The number of benzene rings is 1. The van der Waals surface area contributed by atoms with E-state index in [0.717, 1.165) is 0 Å². The number of carboxylic acid groups (broad SMARTS) is 1. The number of carbonyl (C=O) groups is 2. The topological polar surface area (TPSA) is 113 Å². The van der Waals surface area contributed by atoms with Gasteiger partial charge in [0.1, 0.15) is 5.75 Å². The fourth-order valence-corrected chi connectivity index (χ4v) is 1.82. The molecule has 0 fully saturated rings. The van der Waals surface area contributed by atoms with Crippen molar-refractivity contribution < 1.29 is 19.8 Å². The average molecular weight is 280 g/mol. The van der Waals surface area contributed by atoms with Gasteiger partial charge in [-0.05, 0) is 30.0 Å². The van der Waals surface area contributed by atoms with Gasteiger partial charge in [-0.1, -0.05) is 26.0 Å². The Morgan fingerprint density at radius 3 is 2.25 bits per heavy atom. The van der Waals surface area contributed by atoms with E-state index >= 15 is 0 Å². The summed E-state index contributed by atoms with van der Waals surface area (Å²) in [6.45, 7) is 3.86. The number of phenolic OH excluding ortho intramolecular Hbond substituents is 1. The van der Waals surface area contributed by atoms with Gasteiger partial charge in [-0.25, -0.2) is 4.79 Å². The van der Waals surface area contributed by atoms with Crippen LogP contribution >= 0.6 is 0 Å². The van der Waals surface area contributed by atoms with E-state index in [2.05, 4.69) is 5.32 Å². The van der Waals surface area contributed by atoms with Crippen molar-refractivity contribution >= 4 is 11.9 Å². The van der Waals surface area contributed by atoms with Gasteiger partial charge in [-0.3, -0.25) is 4.79 Å². The number of amides is 1. The van der Waals surface area contributed by atoms with Crippen LogP contribution in [-0.4, -0.2) is 28.1 Å². The molecule has 0 saturated carbocycles. The van der Waals surface area contributed by atoms with Gasteiger partial charge in [-0.15, -0.1) is 0 Å². The molecular formula is C14H20N2O4. The van der Waals surface area contributed by atoms with E-state index in [-0.39, 0.29) is 11.7 Å². The van der Waals surface area contributed by atoms with Crippen LogP contribution in [0.2, 0.25) is 0 Å². The van der Waals surface area contributed by atoms with Gasteiger partial charge in [0.2, 0.25) is 5.91 Å². The average Bonchev–Trinajstić information content (AvgIpc) is 2.35. The number of hydrogen-bond acceptors (Lipinski definition) is 4. The summed E-state index contributed by atoms with van der Waals surface area (Å²) < 4.78 is 0. The van der Waals surface area contributed by atoms with Crippen LogP contribution in [0, 0.1) is 5.92 Å². The number of hydrogen-bond donors (Lipinski definition) is 4. The molecule has 0 aliphatic rings. The van der Waals surface area contributed by atoms with Crippen LogP contribution in [0.4, 0.5) is 0 Å². The largest absolute Gasteiger partial charge is 0.508 e. The molecule has 0 bridgehead atoms. The monoisotopic (exact) mass is 280 g/mol. The highest BCUT2D eigenvalue weighted by molar-refractivity contribution is 5.87. The molecule has 1 aromatic rings. The standard InChI is InChI=1S/C14H20N2O4/c1-8(2)7-11(15)13(18)16-12(14(19)20)9-3-5-10(17)6-4-9/h3-6,8,11-12,17H,7,15H2,1-2H3,(H,16,18)(H,19,20)/t11-,12+/m0/s1. The van der Waals surface area contributed by atoms with E-state index in [1.807, 2.05) is 13.8 Å². The van der Waals surface area contributed by atoms with Crippen molar-refractivity contribution in [1.29, 1.82) is 0 Å². The molecule has 110 valence electrons. The van der Waals surface area contributed by atoms with E-state index < -0.39 is 24.0 Å². The molecule has 0 aliphatic carbocycles. The van der Waals surface area contributed by atoms with Crippen molar-refractivity contribution in [2.45, 2.75) is 32.4 Å². The predicted molar refractivity (Wildman–Crippen MR) is 74.1 cm³/mol. The smallest absolute Gasteiger partial charge is 0.330 e. The second kappa shape index (κ2) is 6.91. The highest BCUT2D eigenvalue weighted by Crippen LogP contribution is 2.17. The molecule has 1 rings (SSSR count). The van der Waals surface area contributed by atoms with Gasteiger partial charge in [0.25, 0.3) is 0 Å². The second-order valence-electron chi connectivity index (χ2n) is 5.11. The minimum absolute atomic E-state index is 0.0284. The molecular weight excluding hydrogens is 260 g/mol. The van der Waals surface area contributed by atoms with Crippen LogP contribution in [-0.2, 0) is 9.59 Å². The van der Waals surface area contributed by atoms with E-state index in [0.29, 0.717) is 12.0 Å². The third-order valence-corrected chi connectivity index (χ3v) is 2.82. The number of nitrogens with one attached hydrogen (secondary N) is 1. The lowest BCUT2D eigenvalue weighted by Crippen LogP contribution is -2.44. The third-order valence-electron chi connectivity index (χ3n) is 2.82. The van der Waals surface area contributed by atoms with E-state index in [1.165, 1.54) is 24.3 Å². The van der Waals surface area contributed by atoms with Crippen molar-refractivity contribution in [2.24, 2.45) is 11.7 Å². The van der Waals surface area contributed by atoms with E-state index in [1.54, 1.807) is 0 Å². The fraction of sp³-hybridized carbons (Fsp3) is 0.429. The van der Waals surface area contributed by atoms with Crippen LogP contribution in [0.5, 0.6) is 5.75 Å². The number of aliphatic carboxylic acids is 1. The van der Waals surface area contributed by atoms with Crippen LogP contribution in [0.1, 0.15) is 31.9 Å². The molecule has 0 heterocycles. The Hall–Kier alpha value is -2.08. The Morgan fingerprint density at radius 1 is 1.25 bits per heavy atom. The summed E-state index contributed by atoms with van der Waals surface area (Å²) in [5, 5.41) is 20.8. The highest BCUT2D eigenvalue weighted by atomic mass is 16.4. The van der Waals surface area contributed by atoms with Crippen molar-refractivity contribution in [3.63, 3.8) is 0 Å². The highest BCUT2D eigenvalue weighted by Gasteiger charge is 2.25. The van der Waals surface area contributed by atoms with Crippen molar-refractivity contribution in [2.75, 3.05) is 0 Å². The molecule has 1 amide bonds. The first-order chi connectivity index (χ1) is 9.31. The molecule has 1 aromatic carbocycles. The maximum Gasteiger partial charge on any atom is 0.330 e. The Bertz CT molecular complexity index is 471. The van der Waals surface area contributed by atoms with E-state index in [4.69, 9.17) is 5.73 Å². The number of carboxylic acids is 1. The number of phenols is 1. The minimum atomic E-state index is -1.18. The first-order valence-corrected chi connectivity index (χ1v) is 6.39. The summed E-state index contributed by atoms with van der Waals surface area (Å²) in [7, 11) is 0. The molecule has 0 spiro atoms. The first kappa shape index (κ1) is 16.0. The molecule has 0 radical (unpaired) electrons. The van der Waals surface area contributed by atoms with Crippen LogP contribution in [0.3, 0.4) is 0 Å². The Kier molecular flexibility index (Phi) is 5.52. The second-order valence-corrected chi connectivity index (χ2v) is 5.11. The summed E-state index contributed by atoms with van der Waals surface area (Å²) in [4.78, 5) is 23.1. The molecule has 6 heteroatoms. The quantitative estimate of drug-likeness (QED) is 0.621. The molecule has 20 heavy (non-hydrogen) atoms. The molecule has 0 saturated heterocycles. The molecule has 2 atom stereocenters. The maximum atomic E-state index is 11.9. The molecule has 6 nitrogen and oxygen atoms in total. The summed E-state index contributed by atoms with van der Waals surface area (Å²) in [6, 6.07) is 3.71. The van der Waals surface area contributed by atoms with Crippen LogP contribution < -0.4 is 11.1 Å². The van der Waals surface area contributed by atoms with Crippen LogP contribution in [0.25, 0.3) is 0 Å². The Balaban J connectivity index is 2.80. The van der Waals surface area contributed by atoms with Gasteiger partial charge >= 0.3 is 5.97 Å². The zero-order valence-electron chi connectivity index (χ0n) is 11.5. The molecule has 0 unspecified atom stereocenters. The number of rotatable bonds is 6. The predicted octanol–water partition coefficient (Wildman–Crippen LogP) is 1.01. The lowest BCUT2D eigenvalue weighted by molar-refractivity contribution is -0.142. The SMILES string of the molecule is CC(C)C[C@H](N)C(=O)N[C@@H](C(=O)O)c1ccc(O)cc1. The van der Waals surface area contributed by atoms with Crippen molar-refractivity contribution in [3.8, 4) is 5.75 Å². The normalized spacial score (nSPS) is 13.8. The summed E-state index contributed by atoms with van der Waals surface area (Å²) >= 11 is 0. The zero-order chi connectivity index (χ0) is 15.3. The minimum Gasteiger partial charge on any atom is -0.508 e. The maximum absolute atomic E-state index is 11.9. The Morgan fingerprint density at radius 2 is 1.80 bits per heavy atom. The molecule has 5 N–H and O–H groups in total. The zero-order valence-corrected chi connectivity index (χ0v) is 11.5. The number of nitrogens with two attached hydrogens (primary N) is 1. The summed E-state index contributed by atoms with van der Waals surface area (Å²) in [6.07, 6.45) is 0.480. The summed E-state index contributed by atoms with van der Waals surface area (Å²) in [5.41, 5.74) is 6.10. The third kappa shape index (κ3) is 4.55. The van der Waals surface area contributed by atoms with Crippen molar-refractivity contribution in [1.82, 2.24) is 5.32 Å². The van der Waals surface area contributed by atoms with Gasteiger partial charge in [-0.2, -0.15) is 0 Å². The Labute approximate surface area is 117 Å². The lowest BCUT2D eigenvalue weighted by Gasteiger charge is -2.19. The van der Waals surface area contributed by atoms with Gasteiger partial charge in [0.15, 0.2) is 6.04 Å². The van der Waals surface area contributed by atoms with E-state index in [9.17, 15) is 19.8 Å². The molecule has 0 aliphatic heterocycles. The summed E-state index contributed by atoms with van der Waals surface area (Å²) in [5.74, 6) is -1.41.